The van der Waals surface area contributed by atoms with Crippen LogP contribution in [0, 0.1) is 6.92 Å². The number of hydrogen-bond acceptors (Lipinski definition) is 4. The molecule has 0 aromatic heterocycles. The summed E-state index contributed by atoms with van der Waals surface area (Å²) >= 11 is 2.97. The lowest BCUT2D eigenvalue weighted by Crippen LogP contribution is -2.16. The molecule has 0 heterocycles. The van der Waals surface area contributed by atoms with Crippen LogP contribution in [0.15, 0.2) is 12.1 Å². The number of ketones is 2. The van der Waals surface area contributed by atoms with Gasteiger partial charge in [0.15, 0.2) is 0 Å². The van der Waals surface area contributed by atoms with Gasteiger partial charge in [0.05, 0.1) is 25.1 Å². The molecule has 92 valence electrons. The van der Waals surface area contributed by atoms with Crippen molar-refractivity contribution in [2.24, 2.45) is 0 Å². The maximum atomic E-state index is 11.8. The normalized spacial score (nSPS) is 9.88. The first-order valence-corrected chi connectivity index (χ1v) is 6.04. The first-order chi connectivity index (χ1) is 8.06. The zero-order valence-electron chi connectivity index (χ0n) is 9.87. The number of carbonyl (C=O) groups excluding carboxylic acids is 2. The Morgan fingerprint density at radius 2 is 1.88 bits per heavy atom. The topological polar surface area (TPSA) is 52.6 Å². The van der Waals surface area contributed by atoms with E-state index in [4.69, 9.17) is 9.47 Å². The van der Waals surface area contributed by atoms with Crippen molar-refractivity contribution in [1.82, 2.24) is 0 Å². The van der Waals surface area contributed by atoms with Gasteiger partial charge in [0.2, 0.25) is 11.6 Å². The van der Waals surface area contributed by atoms with Gasteiger partial charge in [0, 0.05) is 5.56 Å². The highest BCUT2D eigenvalue weighted by Gasteiger charge is 2.21. The molecule has 0 saturated carbocycles. The number of hydrogen-bond donors (Lipinski definition) is 0. The van der Waals surface area contributed by atoms with E-state index in [1.165, 1.54) is 20.3 Å². The van der Waals surface area contributed by atoms with Gasteiger partial charge in [-0.05, 0) is 19.1 Å². The SMILES string of the molecule is COc1ccc(C(=O)C(=O)CBr)c(OC)c1C. The van der Waals surface area contributed by atoms with Crippen molar-refractivity contribution in [1.29, 1.82) is 0 Å². The number of alkyl halides is 1. The van der Waals surface area contributed by atoms with E-state index in [0.717, 1.165) is 0 Å². The fourth-order valence-electron chi connectivity index (χ4n) is 1.55. The number of halogens is 1. The van der Waals surface area contributed by atoms with Crippen LogP contribution in [0.1, 0.15) is 15.9 Å². The van der Waals surface area contributed by atoms with Crippen LogP contribution in [-0.2, 0) is 4.79 Å². The molecule has 0 aliphatic rings. The second kappa shape index (κ2) is 5.82. The summed E-state index contributed by atoms with van der Waals surface area (Å²) in [5, 5.41) is 0.0000639. The molecule has 0 bridgehead atoms. The van der Waals surface area contributed by atoms with Crippen molar-refractivity contribution >= 4 is 27.5 Å². The van der Waals surface area contributed by atoms with Crippen LogP contribution in [0.3, 0.4) is 0 Å². The molecule has 0 aliphatic carbocycles. The molecule has 0 fully saturated rings. The van der Waals surface area contributed by atoms with Crippen LogP contribution in [0.4, 0.5) is 0 Å². The maximum Gasteiger partial charge on any atom is 0.233 e. The molecule has 1 rings (SSSR count). The van der Waals surface area contributed by atoms with Crippen LogP contribution in [0.25, 0.3) is 0 Å². The summed E-state index contributed by atoms with van der Waals surface area (Å²) in [6.07, 6.45) is 0. The molecule has 1 aromatic carbocycles. The minimum Gasteiger partial charge on any atom is -0.496 e. The third kappa shape index (κ3) is 2.66. The number of methoxy groups -OCH3 is 2. The van der Waals surface area contributed by atoms with Crippen molar-refractivity contribution in [3.63, 3.8) is 0 Å². The van der Waals surface area contributed by atoms with Crippen molar-refractivity contribution in [3.8, 4) is 11.5 Å². The molecule has 17 heavy (non-hydrogen) atoms. The van der Waals surface area contributed by atoms with Crippen LogP contribution >= 0.6 is 15.9 Å². The summed E-state index contributed by atoms with van der Waals surface area (Å²) in [5.41, 5.74) is 0.957. The highest BCUT2D eigenvalue weighted by Crippen LogP contribution is 2.31. The van der Waals surface area contributed by atoms with E-state index in [2.05, 4.69) is 15.9 Å². The summed E-state index contributed by atoms with van der Waals surface area (Å²) in [5.74, 6) is -0.0781. The lowest BCUT2D eigenvalue weighted by Gasteiger charge is -2.12. The van der Waals surface area contributed by atoms with E-state index in [9.17, 15) is 9.59 Å². The van der Waals surface area contributed by atoms with Gasteiger partial charge in [0.25, 0.3) is 0 Å². The lowest BCUT2D eigenvalue weighted by molar-refractivity contribution is -0.112. The molecule has 0 spiro atoms. The minimum absolute atomic E-state index is 0.0000639. The first-order valence-electron chi connectivity index (χ1n) is 4.91. The van der Waals surface area contributed by atoms with Gasteiger partial charge in [0.1, 0.15) is 11.5 Å². The van der Waals surface area contributed by atoms with E-state index in [0.29, 0.717) is 17.1 Å². The fourth-order valence-corrected chi connectivity index (χ4v) is 1.80. The predicted octanol–water partition coefficient (Wildman–Crippen LogP) is 2.16. The Bertz CT molecular complexity index is 454. The van der Waals surface area contributed by atoms with Gasteiger partial charge < -0.3 is 9.47 Å². The Hall–Kier alpha value is -1.36. The van der Waals surface area contributed by atoms with Crippen molar-refractivity contribution in [3.05, 3.63) is 23.3 Å². The largest absolute Gasteiger partial charge is 0.496 e. The Morgan fingerprint density at radius 3 is 2.35 bits per heavy atom. The Labute approximate surface area is 108 Å². The number of carbonyl (C=O) groups is 2. The zero-order chi connectivity index (χ0) is 13.0. The average Bonchev–Trinajstić information content (AvgIpc) is 2.36. The highest BCUT2D eigenvalue weighted by atomic mass is 79.9. The van der Waals surface area contributed by atoms with E-state index < -0.39 is 11.6 Å². The van der Waals surface area contributed by atoms with E-state index >= 15 is 0 Å². The van der Waals surface area contributed by atoms with Gasteiger partial charge in [-0.1, -0.05) is 15.9 Å². The molecule has 0 unspecified atom stereocenters. The monoisotopic (exact) mass is 300 g/mol. The number of ether oxygens (including phenoxy) is 2. The summed E-state index contributed by atoms with van der Waals surface area (Å²) in [7, 11) is 2.99. The fraction of sp³-hybridized carbons (Fsp3) is 0.333. The van der Waals surface area contributed by atoms with Gasteiger partial charge >= 0.3 is 0 Å². The quantitative estimate of drug-likeness (QED) is 0.475. The van der Waals surface area contributed by atoms with Gasteiger partial charge in [-0.3, -0.25) is 9.59 Å². The van der Waals surface area contributed by atoms with Crippen LogP contribution < -0.4 is 9.47 Å². The van der Waals surface area contributed by atoms with E-state index in [1.54, 1.807) is 13.0 Å². The zero-order valence-corrected chi connectivity index (χ0v) is 11.5. The van der Waals surface area contributed by atoms with Crippen molar-refractivity contribution in [2.45, 2.75) is 6.92 Å². The second-order valence-corrected chi connectivity index (χ2v) is 3.92. The molecular weight excluding hydrogens is 288 g/mol. The lowest BCUT2D eigenvalue weighted by atomic mass is 10.0. The molecule has 0 saturated heterocycles. The average molecular weight is 301 g/mol. The van der Waals surface area contributed by atoms with Gasteiger partial charge in [-0.15, -0.1) is 0 Å². The van der Waals surface area contributed by atoms with E-state index in [-0.39, 0.29) is 10.9 Å². The number of Topliss-reactive ketones (excluding diaryl/α,β-unsaturated/α-hetero) is 2. The maximum absolute atomic E-state index is 11.8. The van der Waals surface area contributed by atoms with E-state index in [1.807, 2.05) is 0 Å². The Morgan fingerprint density at radius 1 is 1.24 bits per heavy atom. The Kier molecular flexibility index (Phi) is 4.69. The third-order valence-corrected chi connectivity index (χ3v) is 2.91. The van der Waals surface area contributed by atoms with Crippen molar-refractivity contribution < 1.29 is 19.1 Å². The van der Waals surface area contributed by atoms with Gasteiger partial charge in [-0.2, -0.15) is 0 Å². The molecule has 0 aliphatic heterocycles. The molecule has 5 heteroatoms. The molecule has 4 nitrogen and oxygen atoms in total. The molecule has 0 N–H and O–H groups in total. The van der Waals surface area contributed by atoms with Crippen LogP contribution in [-0.4, -0.2) is 31.1 Å². The molecule has 1 aromatic rings. The summed E-state index contributed by atoms with van der Waals surface area (Å²) in [6.45, 7) is 1.77. The Balaban J connectivity index is 3.31. The summed E-state index contributed by atoms with van der Waals surface area (Å²) in [4.78, 5) is 23.2. The molecule has 0 radical (unpaired) electrons. The molecular formula is C12H13BrO4. The highest BCUT2D eigenvalue weighted by molar-refractivity contribution is 9.09. The predicted molar refractivity (Wildman–Crippen MR) is 67.4 cm³/mol. The smallest absolute Gasteiger partial charge is 0.233 e. The number of benzene rings is 1. The second-order valence-electron chi connectivity index (χ2n) is 3.36. The third-order valence-electron chi connectivity index (χ3n) is 2.40. The van der Waals surface area contributed by atoms with Crippen LogP contribution in [0.5, 0.6) is 11.5 Å². The summed E-state index contributed by atoms with van der Waals surface area (Å²) in [6, 6.07) is 3.18. The molecule has 0 atom stereocenters. The summed E-state index contributed by atoms with van der Waals surface area (Å²) < 4.78 is 10.3. The number of rotatable bonds is 5. The van der Waals surface area contributed by atoms with Crippen LogP contribution in [0.2, 0.25) is 0 Å². The van der Waals surface area contributed by atoms with Crippen molar-refractivity contribution in [2.75, 3.05) is 19.5 Å². The molecule has 0 amide bonds. The first kappa shape index (κ1) is 13.7. The van der Waals surface area contributed by atoms with Gasteiger partial charge in [-0.25, -0.2) is 0 Å². The standard InChI is InChI=1S/C12H13BrO4/c1-7-10(16-2)5-4-8(12(7)17-3)11(15)9(14)6-13/h4-5H,6H2,1-3H3. The minimum atomic E-state index is -0.565.